The highest BCUT2D eigenvalue weighted by molar-refractivity contribution is 5.16. The van der Waals surface area contributed by atoms with E-state index in [1.807, 2.05) is 13.1 Å². The zero-order valence-electron chi connectivity index (χ0n) is 9.08. The molecule has 0 saturated heterocycles. The molecule has 14 heavy (non-hydrogen) atoms. The van der Waals surface area contributed by atoms with Crippen molar-refractivity contribution in [3.05, 3.63) is 17.7 Å². The topological polar surface area (TPSA) is 43.8 Å². The summed E-state index contributed by atoms with van der Waals surface area (Å²) in [5, 5.41) is 0. The molecule has 1 aromatic rings. The van der Waals surface area contributed by atoms with Gasteiger partial charge in [0.15, 0.2) is 0 Å². The number of nitrogens with zero attached hydrogens (tertiary/aromatic N) is 2. The number of aryl methyl sites for hydroxylation is 1. The van der Waals surface area contributed by atoms with E-state index in [-0.39, 0.29) is 5.54 Å². The third-order valence-corrected chi connectivity index (χ3v) is 3.48. The van der Waals surface area contributed by atoms with E-state index in [0.29, 0.717) is 0 Å². The Morgan fingerprint density at radius 3 is 2.50 bits per heavy atom. The summed E-state index contributed by atoms with van der Waals surface area (Å²) in [4.78, 5) is 4.32. The van der Waals surface area contributed by atoms with Crippen LogP contribution >= 0.6 is 0 Å². The van der Waals surface area contributed by atoms with E-state index in [2.05, 4.69) is 16.6 Å². The molecule has 1 aromatic heterocycles. The molecule has 1 saturated carbocycles. The quantitative estimate of drug-likeness (QED) is 0.739. The van der Waals surface area contributed by atoms with Crippen LogP contribution in [0.15, 0.2) is 6.20 Å². The largest absolute Gasteiger partial charge is 0.334 e. The summed E-state index contributed by atoms with van der Waals surface area (Å²) in [6.45, 7) is 2.02. The zero-order chi connectivity index (χ0) is 10.2. The Balaban J connectivity index is 2.32. The molecule has 1 aliphatic carbocycles. The molecule has 2 N–H and O–H groups in total. The van der Waals surface area contributed by atoms with Gasteiger partial charge in [0.2, 0.25) is 0 Å². The van der Waals surface area contributed by atoms with Crippen LogP contribution in [0, 0.1) is 6.92 Å². The number of hydrogen-bond acceptors (Lipinski definition) is 2. The molecule has 0 spiro atoms. The van der Waals surface area contributed by atoms with Crippen molar-refractivity contribution < 1.29 is 0 Å². The minimum Gasteiger partial charge on any atom is -0.334 e. The number of hydrogen-bond donors (Lipinski definition) is 1. The highest BCUT2D eigenvalue weighted by atomic mass is 15.1. The molecule has 0 aliphatic heterocycles. The summed E-state index contributed by atoms with van der Waals surface area (Å²) < 4.78 is 2.13. The molecule has 2 rings (SSSR count). The molecule has 1 aliphatic rings. The highest BCUT2D eigenvalue weighted by Gasteiger charge is 2.32. The van der Waals surface area contributed by atoms with Gasteiger partial charge in [-0.25, -0.2) is 4.98 Å². The number of aromatic nitrogens is 2. The average molecular weight is 193 g/mol. The van der Waals surface area contributed by atoms with Gasteiger partial charge in [0, 0.05) is 7.05 Å². The van der Waals surface area contributed by atoms with Crippen LogP contribution < -0.4 is 5.73 Å². The number of rotatable bonds is 1. The normalized spacial score (nSPS) is 21.1. The minimum atomic E-state index is -0.117. The molecule has 1 fully saturated rings. The van der Waals surface area contributed by atoms with Crippen LogP contribution in [0.1, 0.15) is 43.6 Å². The Hall–Kier alpha value is -0.830. The van der Waals surface area contributed by atoms with E-state index in [1.54, 1.807) is 0 Å². The summed E-state index contributed by atoms with van der Waals surface area (Å²) in [6.07, 6.45) is 7.98. The Bertz CT molecular complexity index is 321. The fraction of sp³-hybridized carbons (Fsp3) is 0.727. The van der Waals surface area contributed by atoms with Gasteiger partial charge < -0.3 is 10.3 Å². The van der Waals surface area contributed by atoms with Crippen LogP contribution in [0.25, 0.3) is 0 Å². The predicted molar refractivity (Wildman–Crippen MR) is 56.9 cm³/mol. The van der Waals surface area contributed by atoms with E-state index in [0.717, 1.165) is 18.7 Å². The van der Waals surface area contributed by atoms with Crippen molar-refractivity contribution in [2.45, 2.75) is 44.6 Å². The summed E-state index contributed by atoms with van der Waals surface area (Å²) in [5.41, 5.74) is 7.52. The molecule has 78 valence electrons. The monoisotopic (exact) mass is 193 g/mol. The first-order valence-corrected chi connectivity index (χ1v) is 5.41. The molecule has 0 unspecified atom stereocenters. The molecular weight excluding hydrogens is 174 g/mol. The fourth-order valence-electron chi connectivity index (χ4n) is 2.40. The van der Waals surface area contributed by atoms with Gasteiger partial charge >= 0.3 is 0 Å². The summed E-state index contributed by atoms with van der Waals surface area (Å²) in [5.74, 6) is 1.05. The third-order valence-electron chi connectivity index (χ3n) is 3.48. The van der Waals surface area contributed by atoms with Crippen LogP contribution in [-0.4, -0.2) is 9.55 Å². The maximum atomic E-state index is 6.43. The maximum absolute atomic E-state index is 6.43. The van der Waals surface area contributed by atoms with Crippen molar-refractivity contribution in [3.63, 3.8) is 0 Å². The SMILES string of the molecule is Cc1ncc(C2(N)CCCCC2)n1C. The standard InChI is InChI=1S/C11H19N3/c1-9-13-8-10(14(9)2)11(12)6-4-3-5-7-11/h8H,3-7,12H2,1-2H3. The summed E-state index contributed by atoms with van der Waals surface area (Å²) in [7, 11) is 2.06. The Labute approximate surface area is 85.3 Å². The smallest absolute Gasteiger partial charge is 0.105 e. The maximum Gasteiger partial charge on any atom is 0.105 e. The van der Waals surface area contributed by atoms with E-state index in [4.69, 9.17) is 5.73 Å². The lowest BCUT2D eigenvalue weighted by Gasteiger charge is -2.33. The van der Waals surface area contributed by atoms with Gasteiger partial charge in [-0.3, -0.25) is 0 Å². The van der Waals surface area contributed by atoms with Crippen LogP contribution in [0.4, 0.5) is 0 Å². The van der Waals surface area contributed by atoms with E-state index >= 15 is 0 Å². The minimum absolute atomic E-state index is 0.117. The van der Waals surface area contributed by atoms with Crippen molar-refractivity contribution >= 4 is 0 Å². The highest BCUT2D eigenvalue weighted by Crippen LogP contribution is 2.34. The van der Waals surface area contributed by atoms with Crippen LogP contribution in [-0.2, 0) is 12.6 Å². The lowest BCUT2D eigenvalue weighted by Crippen LogP contribution is -2.40. The Kier molecular flexibility index (Phi) is 2.35. The Morgan fingerprint density at radius 1 is 1.36 bits per heavy atom. The first-order valence-electron chi connectivity index (χ1n) is 5.41. The molecular formula is C11H19N3. The molecule has 0 radical (unpaired) electrons. The second-order valence-corrected chi connectivity index (χ2v) is 4.47. The van der Waals surface area contributed by atoms with Gasteiger partial charge in [0.1, 0.15) is 5.82 Å². The number of nitrogens with two attached hydrogens (primary N) is 1. The molecule has 0 atom stereocenters. The lowest BCUT2D eigenvalue weighted by atomic mass is 9.80. The Morgan fingerprint density at radius 2 is 2.00 bits per heavy atom. The van der Waals surface area contributed by atoms with Crippen LogP contribution in [0.5, 0.6) is 0 Å². The van der Waals surface area contributed by atoms with Crippen molar-refractivity contribution in [2.24, 2.45) is 12.8 Å². The first-order chi connectivity index (χ1) is 6.63. The second kappa shape index (κ2) is 3.39. The van der Waals surface area contributed by atoms with Gasteiger partial charge in [-0.05, 0) is 19.8 Å². The van der Waals surface area contributed by atoms with Gasteiger partial charge in [0.25, 0.3) is 0 Å². The first kappa shape index (κ1) is 9.71. The van der Waals surface area contributed by atoms with Crippen molar-refractivity contribution in [1.29, 1.82) is 0 Å². The van der Waals surface area contributed by atoms with E-state index < -0.39 is 0 Å². The molecule has 3 nitrogen and oxygen atoms in total. The summed E-state index contributed by atoms with van der Waals surface area (Å²) >= 11 is 0. The second-order valence-electron chi connectivity index (χ2n) is 4.47. The van der Waals surface area contributed by atoms with Gasteiger partial charge in [-0.2, -0.15) is 0 Å². The van der Waals surface area contributed by atoms with Crippen LogP contribution in [0.3, 0.4) is 0 Å². The molecule has 0 aromatic carbocycles. The lowest BCUT2D eigenvalue weighted by molar-refractivity contribution is 0.288. The summed E-state index contributed by atoms with van der Waals surface area (Å²) in [6, 6.07) is 0. The molecule has 0 bridgehead atoms. The molecule has 3 heteroatoms. The van der Waals surface area contributed by atoms with Crippen molar-refractivity contribution in [2.75, 3.05) is 0 Å². The fourth-order valence-corrected chi connectivity index (χ4v) is 2.40. The average Bonchev–Trinajstić information content (AvgIpc) is 2.49. The molecule has 0 amide bonds. The van der Waals surface area contributed by atoms with Gasteiger partial charge in [-0.1, -0.05) is 19.3 Å². The van der Waals surface area contributed by atoms with Crippen molar-refractivity contribution in [1.82, 2.24) is 9.55 Å². The van der Waals surface area contributed by atoms with Crippen molar-refractivity contribution in [3.8, 4) is 0 Å². The molecule has 1 heterocycles. The number of imidazole rings is 1. The van der Waals surface area contributed by atoms with E-state index in [9.17, 15) is 0 Å². The van der Waals surface area contributed by atoms with Gasteiger partial charge in [-0.15, -0.1) is 0 Å². The van der Waals surface area contributed by atoms with Crippen LogP contribution in [0.2, 0.25) is 0 Å². The predicted octanol–water partition coefficient (Wildman–Crippen LogP) is 1.85. The third kappa shape index (κ3) is 1.46. The van der Waals surface area contributed by atoms with Gasteiger partial charge in [0.05, 0.1) is 17.4 Å². The zero-order valence-corrected chi connectivity index (χ0v) is 9.08. The van der Waals surface area contributed by atoms with E-state index in [1.165, 1.54) is 25.0 Å².